The SMILES string of the molecule is Fc1ccccc1Nc1nc2cnc(NC3CCOCC3)nc2n1C1CCOCC1. The molecular formula is C21H25FN6O2. The summed E-state index contributed by atoms with van der Waals surface area (Å²) < 4.78 is 27.3. The fourth-order valence-electron chi connectivity index (χ4n) is 4.05. The highest BCUT2D eigenvalue weighted by Gasteiger charge is 2.24. The molecule has 0 unspecified atom stereocenters. The number of hydrogen-bond acceptors (Lipinski definition) is 7. The molecule has 0 bridgehead atoms. The molecule has 2 aliphatic rings. The second-order valence-corrected chi connectivity index (χ2v) is 7.69. The number of rotatable bonds is 5. The van der Waals surface area contributed by atoms with Crippen LogP contribution in [0.25, 0.3) is 11.2 Å². The van der Waals surface area contributed by atoms with Gasteiger partial charge in [0.15, 0.2) is 5.65 Å². The van der Waals surface area contributed by atoms with E-state index < -0.39 is 0 Å². The molecule has 4 heterocycles. The lowest BCUT2D eigenvalue weighted by molar-refractivity contribution is 0.0710. The number of imidazole rings is 1. The van der Waals surface area contributed by atoms with Crippen LogP contribution in [0.15, 0.2) is 30.5 Å². The minimum Gasteiger partial charge on any atom is -0.381 e. The Labute approximate surface area is 173 Å². The predicted molar refractivity (Wildman–Crippen MR) is 112 cm³/mol. The van der Waals surface area contributed by atoms with Crippen molar-refractivity contribution in [2.45, 2.75) is 37.8 Å². The summed E-state index contributed by atoms with van der Waals surface area (Å²) in [5.41, 5.74) is 1.80. The fraction of sp³-hybridized carbons (Fsp3) is 0.476. The number of ether oxygens (including phenoxy) is 2. The highest BCUT2D eigenvalue weighted by molar-refractivity contribution is 5.76. The normalized spacial score (nSPS) is 18.6. The maximum Gasteiger partial charge on any atom is 0.224 e. The van der Waals surface area contributed by atoms with Crippen molar-refractivity contribution in [2.75, 3.05) is 37.1 Å². The number of anilines is 3. The van der Waals surface area contributed by atoms with E-state index in [-0.39, 0.29) is 11.9 Å². The van der Waals surface area contributed by atoms with Crippen molar-refractivity contribution in [1.82, 2.24) is 19.5 Å². The van der Waals surface area contributed by atoms with Crippen molar-refractivity contribution in [1.29, 1.82) is 0 Å². The van der Waals surface area contributed by atoms with Gasteiger partial charge in [0.25, 0.3) is 0 Å². The minimum absolute atomic E-state index is 0.170. The first-order valence-corrected chi connectivity index (χ1v) is 10.5. The van der Waals surface area contributed by atoms with E-state index >= 15 is 0 Å². The van der Waals surface area contributed by atoms with E-state index in [9.17, 15) is 4.39 Å². The van der Waals surface area contributed by atoms with Gasteiger partial charge in [0.1, 0.15) is 11.3 Å². The summed E-state index contributed by atoms with van der Waals surface area (Å²) >= 11 is 0. The number of fused-ring (bicyclic) bond motifs is 1. The molecule has 0 spiro atoms. The van der Waals surface area contributed by atoms with Crippen LogP contribution in [0, 0.1) is 5.82 Å². The fourth-order valence-corrected chi connectivity index (χ4v) is 4.05. The van der Waals surface area contributed by atoms with Crippen molar-refractivity contribution >= 4 is 28.7 Å². The smallest absolute Gasteiger partial charge is 0.224 e. The highest BCUT2D eigenvalue weighted by atomic mass is 19.1. The monoisotopic (exact) mass is 412 g/mol. The molecule has 30 heavy (non-hydrogen) atoms. The first kappa shape index (κ1) is 19.2. The molecule has 2 saturated heterocycles. The molecule has 5 rings (SSSR count). The topological polar surface area (TPSA) is 86.1 Å². The maximum atomic E-state index is 14.3. The van der Waals surface area contributed by atoms with Gasteiger partial charge in [-0.3, -0.25) is 4.57 Å². The van der Waals surface area contributed by atoms with E-state index in [1.165, 1.54) is 6.07 Å². The van der Waals surface area contributed by atoms with Crippen molar-refractivity contribution in [3.8, 4) is 0 Å². The first-order chi connectivity index (χ1) is 14.8. The van der Waals surface area contributed by atoms with Crippen LogP contribution < -0.4 is 10.6 Å². The molecule has 158 valence electrons. The molecule has 3 aromatic rings. The molecule has 2 aromatic heterocycles. The maximum absolute atomic E-state index is 14.3. The summed E-state index contributed by atoms with van der Waals surface area (Å²) in [6.07, 6.45) is 5.29. The van der Waals surface area contributed by atoms with Crippen LogP contribution >= 0.6 is 0 Å². The van der Waals surface area contributed by atoms with Gasteiger partial charge in [-0.1, -0.05) is 12.1 Å². The molecule has 2 fully saturated rings. The second kappa shape index (κ2) is 8.53. The first-order valence-electron chi connectivity index (χ1n) is 10.5. The molecule has 0 amide bonds. The van der Waals surface area contributed by atoms with Crippen molar-refractivity contribution in [3.05, 3.63) is 36.3 Å². The number of hydrogen-bond donors (Lipinski definition) is 2. The predicted octanol–water partition coefficient (Wildman–Crippen LogP) is 3.65. The molecule has 1 aromatic carbocycles. The molecule has 2 N–H and O–H groups in total. The molecule has 0 radical (unpaired) electrons. The highest BCUT2D eigenvalue weighted by Crippen LogP contribution is 2.32. The molecule has 9 heteroatoms. The summed E-state index contributed by atoms with van der Waals surface area (Å²) in [6, 6.07) is 7.06. The third-order valence-electron chi connectivity index (χ3n) is 5.66. The second-order valence-electron chi connectivity index (χ2n) is 7.69. The van der Waals surface area contributed by atoms with Crippen molar-refractivity contribution < 1.29 is 13.9 Å². The van der Waals surface area contributed by atoms with Crippen LogP contribution in [0.2, 0.25) is 0 Å². The summed E-state index contributed by atoms with van der Waals surface area (Å²) in [5.74, 6) is 0.829. The Morgan fingerprint density at radius 1 is 0.967 bits per heavy atom. The minimum atomic E-state index is -0.323. The summed E-state index contributed by atoms with van der Waals surface area (Å²) in [4.78, 5) is 13.9. The van der Waals surface area contributed by atoms with E-state index in [0.717, 1.165) is 44.5 Å². The van der Waals surface area contributed by atoms with Gasteiger partial charge in [-0.05, 0) is 37.8 Å². The number of benzene rings is 1. The number of nitrogens with zero attached hydrogens (tertiary/aromatic N) is 4. The number of nitrogens with one attached hydrogen (secondary N) is 2. The lowest BCUT2D eigenvalue weighted by atomic mass is 10.1. The van der Waals surface area contributed by atoms with Gasteiger partial charge >= 0.3 is 0 Å². The number of halogens is 1. The zero-order valence-electron chi connectivity index (χ0n) is 16.7. The number of para-hydroxylation sites is 1. The Bertz CT molecular complexity index is 1010. The van der Waals surface area contributed by atoms with Gasteiger partial charge < -0.3 is 20.1 Å². The summed E-state index contributed by atoms with van der Waals surface area (Å²) in [7, 11) is 0. The third-order valence-corrected chi connectivity index (χ3v) is 5.66. The van der Waals surface area contributed by atoms with Gasteiger partial charge in [-0.15, -0.1) is 0 Å². The van der Waals surface area contributed by atoms with Crippen molar-refractivity contribution in [2.24, 2.45) is 0 Å². The molecule has 8 nitrogen and oxygen atoms in total. The van der Waals surface area contributed by atoms with Gasteiger partial charge in [0.2, 0.25) is 11.9 Å². The summed E-state index contributed by atoms with van der Waals surface area (Å²) in [6.45, 7) is 2.86. The molecular weight excluding hydrogens is 387 g/mol. The van der Waals surface area contributed by atoms with Crippen LogP contribution in [-0.4, -0.2) is 52.0 Å². The van der Waals surface area contributed by atoms with Gasteiger partial charge in [0.05, 0.1) is 11.9 Å². The van der Waals surface area contributed by atoms with Crippen LogP contribution in [0.1, 0.15) is 31.7 Å². The van der Waals surface area contributed by atoms with Gasteiger partial charge in [-0.25, -0.2) is 14.4 Å². The van der Waals surface area contributed by atoms with Crippen molar-refractivity contribution in [3.63, 3.8) is 0 Å². The van der Waals surface area contributed by atoms with Crippen LogP contribution in [0.5, 0.6) is 0 Å². The molecule has 2 aliphatic heterocycles. The molecule has 0 aliphatic carbocycles. The van der Waals surface area contributed by atoms with E-state index in [2.05, 4.69) is 25.2 Å². The Morgan fingerprint density at radius 2 is 1.70 bits per heavy atom. The average Bonchev–Trinajstić information content (AvgIpc) is 3.14. The van der Waals surface area contributed by atoms with Gasteiger partial charge in [0, 0.05) is 38.5 Å². The van der Waals surface area contributed by atoms with E-state index in [1.54, 1.807) is 24.4 Å². The zero-order valence-corrected chi connectivity index (χ0v) is 16.7. The molecule has 0 atom stereocenters. The van der Waals surface area contributed by atoms with Crippen LogP contribution in [0.4, 0.5) is 22.0 Å². The van der Waals surface area contributed by atoms with Crippen LogP contribution in [-0.2, 0) is 9.47 Å². The summed E-state index contributed by atoms with van der Waals surface area (Å²) in [5, 5.41) is 6.58. The third kappa shape index (κ3) is 3.95. The van der Waals surface area contributed by atoms with Crippen LogP contribution in [0.3, 0.4) is 0 Å². The largest absolute Gasteiger partial charge is 0.381 e. The standard InChI is InChI=1S/C21H25FN6O2/c22-16-3-1-2-4-17(16)25-21-26-18-13-23-20(24-14-5-9-29-10-6-14)27-19(18)28(21)15-7-11-30-12-8-15/h1-4,13-15H,5-12H2,(H,25,26)(H,23,24,27). The quantitative estimate of drug-likeness (QED) is 0.661. The van der Waals surface area contributed by atoms with E-state index in [4.69, 9.17) is 14.5 Å². The Balaban J connectivity index is 1.52. The Hall–Kier alpha value is -2.78. The Kier molecular flexibility index (Phi) is 5.46. The van der Waals surface area contributed by atoms with E-state index in [1.807, 2.05) is 0 Å². The van der Waals surface area contributed by atoms with E-state index in [0.29, 0.717) is 42.4 Å². The lowest BCUT2D eigenvalue weighted by Gasteiger charge is -2.26. The molecule has 0 saturated carbocycles. The number of aromatic nitrogens is 4. The Morgan fingerprint density at radius 3 is 2.47 bits per heavy atom. The lowest BCUT2D eigenvalue weighted by Crippen LogP contribution is -2.28. The van der Waals surface area contributed by atoms with Gasteiger partial charge in [-0.2, -0.15) is 4.98 Å². The zero-order chi connectivity index (χ0) is 20.3. The average molecular weight is 412 g/mol.